The van der Waals surface area contributed by atoms with E-state index in [4.69, 9.17) is 4.52 Å². The summed E-state index contributed by atoms with van der Waals surface area (Å²) in [5.41, 5.74) is 3.14. The average molecular weight is 377 g/mol. The maximum Gasteiger partial charge on any atom is 0.324 e. The molecule has 0 bridgehead atoms. The van der Waals surface area contributed by atoms with E-state index in [1.165, 1.54) is 0 Å². The summed E-state index contributed by atoms with van der Waals surface area (Å²) in [6, 6.07) is 12.2. The van der Waals surface area contributed by atoms with Crippen LogP contribution < -0.4 is 10.2 Å². The van der Waals surface area contributed by atoms with E-state index in [9.17, 15) is 4.79 Å². The minimum absolute atomic E-state index is 0.0159. The molecule has 0 aliphatic carbocycles. The second kappa shape index (κ2) is 7.80. The third kappa shape index (κ3) is 3.88. The van der Waals surface area contributed by atoms with Crippen LogP contribution in [-0.4, -0.2) is 34.1 Å². The smallest absolute Gasteiger partial charge is 0.324 e. The Morgan fingerprint density at radius 3 is 2.64 bits per heavy atom. The molecule has 2 aromatic heterocycles. The maximum absolute atomic E-state index is 12.5. The molecule has 1 N–H and O–H groups in total. The summed E-state index contributed by atoms with van der Waals surface area (Å²) in [6.45, 7) is 5.40. The van der Waals surface area contributed by atoms with Crippen LogP contribution in [-0.2, 0) is 4.79 Å². The normalized spacial score (nSPS) is 14.9. The Morgan fingerprint density at radius 1 is 1.14 bits per heavy atom. The highest BCUT2D eigenvalue weighted by Gasteiger charge is 2.28. The minimum atomic E-state index is -0.0434. The Labute approximate surface area is 163 Å². The van der Waals surface area contributed by atoms with E-state index < -0.39 is 0 Å². The van der Waals surface area contributed by atoms with Crippen LogP contribution >= 0.6 is 0 Å². The molecule has 0 spiro atoms. The van der Waals surface area contributed by atoms with Gasteiger partial charge in [0.15, 0.2) is 0 Å². The van der Waals surface area contributed by atoms with Gasteiger partial charge in [-0.1, -0.05) is 35.5 Å². The Morgan fingerprint density at radius 2 is 1.93 bits per heavy atom. The first kappa shape index (κ1) is 18.2. The number of anilines is 2. The summed E-state index contributed by atoms with van der Waals surface area (Å²) in [4.78, 5) is 23.3. The second-order valence-electron chi connectivity index (χ2n) is 7.19. The zero-order valence-corrected chi connectivity index (χ0v) is 16.1. The highest BCUT2D eigenvalue weighted by Crippen LogP contribution is 2.26. The van der Waals surface area contributed by atoms with Crippen molar-refractivity contribution in [3.05, 3.63) is 53.7 Å². The molecule has 1 fully saturated rings. The fourth-order valence-electron chi connectivity index (χ4n) is 3.38. The van der Waals surface area contributed by atoms with Crippen molar-refractivity contribution in [2.75, 3.05) is 23.3 Å². The molecule has 28 heavy (non-hydrogen) atoms. The summed E-state index contributed by atoms with van der Waals surface area (Å²) in [7, 11) is 0. The van der Waals surface area contributed by atoms with E-state index in [0.717, 1.165) is 29.5 Å². The lowest BCUT2D eigenvalue weighted by Crippen LogP contribution is -2.38. The third-order valence-corrected chi connectivity index (χ3v) is 5.10. The third-order valence-electron chi connectivity index (χ3n) is 5.10. The van der Waals surface area contributed by atoms with Crippen LogP contribution in [0.2, 0.25) is 0 Å². The minimum Gasteiger partial charge on any atom is -0.324 e. The van der Waals surface area contributed by atoms with Crippen molar-refractivity contribution >= 4 is 17.7 Å². The van der Waals surface area contributed by atoms with Gasteiger partial charge < -0.3 is 14.7 Å². The molecule has 1 amide bonds. The van der Waals surface area contributed by atoms with Crippen LogP contribution in [0.4, 0.5) is 11.8 Å². The Balaban J connectivity index is 1.36. The van der Waals surface area contributed by atoms with Gasteiger partial charge in [-0.05, 0) is 43.9 Å². The van der Waals surface area contributed by atoms with E-state index >= 15 is 0 Å². The van der Waals surface area contributed by atoms with Crippen molar-refractivity contribution in [3.63, 3.8) is 0 Å². The second-order valence-corrected chi connectivity index (χ2v) is 7.19. The molecular weight excluding hydrogens is 354 g/mol. The van der Waals surface area contributed by atoms with Gasteiger partial charge in [-0.15, -0.1) is 0 Å². The number of piperidine rings is 1. The van der Waals surface area contributed by atoms with Gasteiger partial charge in [0.05, 0.1) is 0 Å². The molecular formula is C21H23N5O2. The van der Waals surface area contributed by atoms with Crippen LogP contribution in [0, 0.1) is 19.8 Å². The lowest BCUT2D eigenvalue weighted by molar-refractivity contribution is -0.120. The van der Waals surface area contributed by atoms with Crippen molar-refractivity contribution in [3.8, 4) is 11.4 Å². The number of aryl methyl sites for hydroxylation is 2. The summed E-state index contributed by atoms with van der Waals surface area (Å²) >= 11 is 0. The molecule has 4 rings (SSSR count). The van der Waals surface area contributed by atoms with Crippen LogP contribution in [0.1, 0.15) is 24.0 Å². The van der Waals surface area contributed by atoms with Crippen molar-refractivity contribution in [1.29, 1.82) is 0 Å². The highest BCUT2D eigenvalue weighted by molar-refractivity contribution is 5.91. The number of carbonyl (C=O) groups excluding carboxylic acids is 1. The number of carbonyl (C=O) groups is 1. The van der Waals surface area contributed by atoms with E-state index in [1.807, 2.05) is 55.1 Å². The molecule has 7 nitrogen and oxygen atoms in total. The van der Waals surface area contributed by atoms with E-state index in [0.29, 0.717) is 30.7 Å². The SMILES string of the molecule is Cc1ccc(NC(=O)C2CCN(c3nc(-c4ccccc4C)no3)CC2)nc1. The molecule has 0 unspecified atom stereocenters. The van der Waals surface area contributed by atoms with Gasteiger partial charge in [0.25, 0.3) is 0 Å². The van der Waals surface area contributed by atoms with Crippen molar-refractivity contribution in [2.24, 2.45) is 5.92 Å². The Hall–Kier alpha value is -3.22. The predicted molar refractivity (Wildman–Crippen MR) is 107 cm³/mol. The van der Waals surface area contributed by atoms with Gasteiger partial charge in [0.1, 0.15) is 5.82 Å². The van der Waals surface area contributed by atoms with Gasteiger partial charge in [-0.3, -0.25) is 4.79 Å². The largest absolute Gasteiger partial charge is 0.324 e. The summed E-state index contributed by atoms with van der Waals surface area (Å²) in [5, 5.41) is 7.03. The molecule has 1 saturated heterocycles. The number of aromatic nitrogens is 3. The van der Waals surface area contributed by atoms with E-state index in [1.54, 1.807) is 6.20 Å². The first-order valence-corrected chi connectivity index (χ1v) is 9.48. The number of pyridine rings is 1. The average Bonchev–Trinajstić information content (AvgIpc) is 3.20. The quantitative estimate of drug-likeness (QED) is 0.748. The van der Waals surface area contributed by atoms with Gasteiger partial charge in [0, 0.05) is 30.8 Å². The number of benzene rings is 1. The molecule has 3 aromatic rings. The molecule has 0 atom stereocenters. The topological polar surface area (TPSA) is 84.2 Å². The van der Waals surface area contributed by atoms with Crippen LogP contribution in [0.15, 0.2) is 47.1 Å². The molecule has 7 heteroatoms. The van der Waals surface area contributed by atoms with Gasteiger partial charge >= 0.3 is 6.01 Å². The lowest BCUT2D eigenvalue weighted by Gasteiger charge is -2.29. The zero-order valence-electron chi connectivity index (χ0n) is 16.1. The zero-order chi connectivity index (χ0) is 19.5. The molecule has 144 valence electrons. The van der Waals surface area contributed by atoms with Gasteiger partial charge in [-0.2, -0.15) is 4.98 Å². The standard InChI is InChI=1S/C21H23N5O2/c1-14-7-8-18(22-13-14)23-20(27)16-9-11-26(12-10-16)21-24-19(25-28-21)17-6-4-3-5-15(17)2/h3-8,13,16H,9-12H2,1-2H3,(H,22,23,27). The van der Waals surface area contributed by atoms with E-state index in [-0.39, 0.29) is 11.8 Å². The van der Waals surface area contributed by atoms with Gasteiger partial charge in [0.2, 0.25) is 11.7 Å². The van der Waals surface area contributed by atoms with E-state index in [2.05, 4.69) is 20.4 Å². The lowest BCUT2D eigenvalue weighted by atomic mass is 9.96. The maximum atomic E-state index is 12.5. The van der Waals surface area contributed by atoms with Crippen LogP contribution in [0.3, 0.4) is 0 Å². The van der Waals surface area contributed by atoms with Gasteiger partial charge in [-0.25, -0.2) is 4.98 Å². The molecule has 1 aliphatic heterocycles. The highest BCUT2D eigenvalue weighted by atomic mass is 16.5. The summed E-state index contributed by atoms with van der Waals surface area (Å²) in [5.74, 6) is 1.16. The summed E-state index contributed by atoms with van der Waals surface area (Å²) in [6.07, 6.45) is 3.22. The molecule has 3 heterocycles. The monoisotopic (exact) mass is 377 g/mol. The first-order chi connectivity index (χ1) is 13.6. The number of nitrogens with one attached hydrogen (secondary N) is 1. The Bertz CT molecular complexity index is 959. The van der Waals surface area contributed by atoms with Crippen LogP contribution in [0.5, 0.6) is 0 Å². The fraction of sp³-hybridized carbons (Fsp3) is 0.333. The predicted octanol–water partition coefficient (Wildman–Crippen LogP) is 3.60. The molecule has 1 aromatic carbocycles. The number of hydrogen-bond donors (Lipinski definition) is 1. The molecule has 0 saturated carbocycles. The number of nitrogens with zero attached hydrogens (tertiary/aromatic N) is 4. The van der Waals surface area contributed by atoms with Crippen molar-refractivity contribution in [1.82, 2.24) is 15.1 Å². The molecule has 1 aliphatic rings. The van der Waals surface area contributed by atoms with Crippen molar-refractivity contribution in [2.45, 2.75) is 26.7 Å². The van der Waals surface area contributed by atoms with Crippen molar-refractivity contribution < 1.29 is 9.32 Å². The summed E-state index contributed by atoms with van der Waals surface area (Å²) < 4.78 is 5.47. The number of rotatable bonds is 4. The number of amides is 1. The fourth-order valence-corrected chi connectivity index (χ4v) is 3.38. The number of hydrogen-bond acceptors (Lipinski definition) is 6. The Kier molecular flexibility index (Phi) is 5.06. The first-order valence-electron chi connectivity index (χ1n) is 9.48. The van der Waals surface area contributed by atoms with Crippen LogP contribution in [0.25, 0.3) is 11.4 Å². The molecule has 0 radical (unpaired) electrons.